The molecule has 0 spiro atoms. The van der Waals surface area contributed by atoms with Crippen molar-refractivity contribution in [2.24, 2.45) is 4.99 Å². The standard InChI is InChI=1S/C19H20N4O4S2/c1-4-15-21-22-18(29-15)20-19-23(5-2)16(24)14(28-19)10-12-6-8-13(9-7-12)27-11(3)17(25)26/h6-11H,4-5H2,1-3H3,(H,25,26)/b14-10+,20-19+. The predicted molar refractivity (Wildman–Crippen MR) is 114 cm³/mol. The molecule has 0 bridgehead atoms. The average Bonchev–Trinajstić information content (AvgIpc) is 3.27. The second-order valence-electron chi connectivity index (χ2n) is 6.05. The minimum atomic E-state index is -1.03. The van der Waals surface area contributed by atoms with Crippen LogP contribution in [0.2, 0.25) is 0 Å². The number of carboxylic acids is 1. The number of nitrogens with zero attached hydrogens (tertiary/aromatic N) is 4. The summed E-state index contributed by atoms with van der Waals surface area (Å²) in [6.45, 7) is 5.86. The van der Waals surface area contributed by atoms with Crippen LogP contribution < -0.4 is 4.74 Å². The normalized spacial score (nSPS) is 17.9. The SMILES string of the molecule is CCc1nnc(/N=C2/S/C(=C/c3ccc(OC(C)C(=O)O)cc3)C(=O)N2CC)s1. The molecule has 1 atom stereocenters. The third kappa shape index (κ3) is 5.01. The van der Waals surface area contributed by atoms with E-state index in [0.717, 1.165) is 17.0 Å². The highest BCUT2D eigenvalue weighted by atomic mass is 32.2. The summed E-state index contributed by atoms with van der Waals surface area (Å²) in [6.07, 6.45) is 1.64. The zero-order valence-corrected chi connectivity index (χ0v) is 17.8. The summed E-state index contributed by atoms with van der Waals surface area (Å²) in [4.78, 5) is 30.3. The molecule has 3 rings (SSSR count). The monoisotopic (exact) mass is 432 g/mol. The van der Waals surface area contributed by atoms with Crippen LogP contribution in [-0.4, -0.2) is 49.9 Å². The molecule has 1 fully saturated rings. The Morgan fingerprint density at radius 1 is 1.31 bits per heavy atom. The van der Waals surface area contributed by atoms with E-state index in [4.69, 9.17) is 9.84 Å². The predicted octanol–water partition coefficient (Wildman–Crippen LogP) is 3.58. The van der Waals surface area contributed by atoms with Crippen molar-refractivity contribution in [1.82, 2.24) is 15.1 Å². The van der Waals surface area contributed by atoms with Gasteiger partial charge in [0.05, 0.1) is 4.91 Å². The molecule has 2 heterocycles. The Hall–Kier alpha value is -2.72. The highest BCUT2D eigenvalue weighted by Crippen LogP contribution is 2.34. The van der Waals surface area contributed by atoms with Crippen molar-refractivity contribution in [2.75, 3.05) is 6.54 Å². The Labute approximate surface area is 176 Å². The van der Waals surface area contributed by atoms with Crippen LogP contribution in [0.1, 0.15) is 31.3 Å². The maximum atomic E-state index is 12.7. The number of aromatic nitrogens is 2. The van der Waals surface area contributed by atoms with Crippen molar-refractivity contribution < 1.29 is 19.4 Å². The van der Waals surface area contributed by atoms with E-state index in [2.05, 4.69) is 15.2 Å². The van der Waals surface area contributed by atoms with Gasteiger partial charge in [0.25, 0.3) is 5.91 Å². The van der Waals surface area contributed by atoms with Gasteiger partial charge in [0.2, 0.25) is 5.13 Å². The van der Waals surface area contributed by atoms with E-state index in [1.54, 1.807) is 35.2 Å². The van der Waals surface area contributed by atoms with E-state index in [1.807, 2.05) is 13.8 Å². The number of hydrogen-bond donors (Lipinski definition) is 1. The number of rotatable bonds is 7. The van der Waals surface area contributed by atoms with Gasteiger partial charge in [0.15, 0.2) is 11.3 Å². The van der Waals surface area contributed by atoms with Crippen molar-refractivity contribution in [2.45, 2.75) is 33.3 Å². The third-order valence-electron chi connectivity index (χ3n) is 3.99. The number of hydrogen-bond acceptors (Lipinski definition) is 8. The van der Waals surface area contributed by atoms with Gasteiger partial charge in [-0.25, -0.2) is 4.79 Å². The number of aryl methyl sites for hydroxylation is 1. The van der Waals surface area contributed by atoms with Crippen molar-refractivity contribution in [1.29, 1.82) is 0 Å². The van der Waals surface area contributed by atoms with Gasteiger partial charge < -0.3 is 9.84 Å². The van der Waals surface area contributed by atoms with Crippen LogP contribution in [0.4, 0.5) is 5.13 Å². The highest BCUT2D eigenvalue weighted by Gasteiger charge is 2.32. The Kier molecular flexibility index (Phi) is 6.65. The van der Waals surface area contributed by atoms with E-state index in [1.165, 1.54) is 30.0 Å². The zero-order chi connectivity index (χ0) is 21.0. The van der Waals surface area contributed by atoms with Crippen molar-refractivity contribution in [3.05, 3.63) is 39.7 Å². The van der Waals surface area contributed by atoms with Gasteiger partial charge in [-0.15, -0.1) is 10.2 Å². The van der Waals surface area contributed by atoms with Gasteiger partial charge in [-0.3, -0.25) is 9.69 Å². The Balaban J connectivity index is 1.78. The first-order valence-electron chi connectivity index (χ1n) is 9.03. The number of thioether (sulfide) groups is 1. The first-order chi connectivity index (χ1) is 13.9. The molecule has 0 saturated carbocycles. The topological polar surface area (TPSA) is 105 Å². The molecule has 1 unspecified atom stereocenters. The summed E-state index contributed by atoms with van der Waals surface area (Å²) in [7, 11) is 0. The maximum Gasteiger partial charge on any atom is 0.344 e. The van der Waals surface area contributed by atoms with E-state index in [0.29, 0.717) is 27.5 Å². The minimum Gasteiger partial charge on any atom is -0.479 e. The summed E-state index contributed by atoms with van der Waals surface area (Å²) in [6, 6.07) is 6.90. The number of likely N-dealkylation sites (N-methyl/N-ethyl adjacent to an activating group) is 1. The quantitative estimate of drug-likeness (QED) is 0.667. The van der Waals surface area contributed by atoms with Gasteiger partial charge in [0.1, 0.15) is 10.8 Å². The smallest absolute Gasteiger partial charge is 0.344 e. The third-order valence-corrected chi connectivity index (χ3v) is 5.96. The molecule has 152 valence electrons. The molecule has 1 aliphatic rings. The van der Waals surface area contributed by atoms with Crippen LogP contribution >= 0.6 is 23.1 Å². The largest absolute Gasteiger partial charge is 0.479 e. The summed E-state index contributed by atoms with van der Waals surface area (Å²) in [5.74, 6) is -0.693. The molecule has 29 heavy (non-hydrogen) atoms. The van der Waals surface area contributed by atoms with Crippen molar-refractivity contribution in [3.63, 3.8) is 0 Å². The Morgan fingerprint density at radius 2 is 2.03 bits per heavy atom. The number of amidine groups is 1. The molecule has 0 aliphatic carbocycles. The van der Waals surface area contributed by atoms with Crippen LogP contribution in [0.15, 0.2) is 34.2 Å². The average molecular weight is 433 g/mol. The molecule has 1 N–H and O–H groups in total. The first-order valence-corrected chi connectivity index (χ1v) is 10.7. The molecular formula is C19H20N4O4S2. The molecular weight excluding hydrogens is 412 g/mol. The molecule has 0 radical (unpaired) electrons. The molecule has 2 aromatic rings. The lowest BCUT2D eigenvalue weighted by atomic mass is 10.2. The molecule has 1 amide bonds. The fourth-order valence-corrected chi connectivity index (χ4v) is 4.19. The van der Waals surface area contributed by atoms with E-state index >= 15 is 0 Å². The fourth-order valence-electron chi connectivity index (χ4n) is 2.43. The Bertz CT molecular complexity index is 969. The number of carbonyl (C=O) groups is 2. The van der Waals surface area contributed by atoms with Crippen LogP contribution in [-0.2, 0) is 16.0 Å². The summed E-state index contributed by atoms with van der Waals surface area (Å²) in [5, 5.41) is 19.0. The van der Waals surface area contributed by atoms with Crippen molar-refractivity contribution in [3.8, 4) is 5.75 Å². The van der Waals surface area contributed by atoms with Gasteiger partial charge in [-0.1, -0.05) is 30.4 Å². The molecule has 1 aromatic heterocycles. The second-order valence-corrected chi connectivity index (χ2v) is 8.10. The molecule has 10 heteroatoms. The van der Waals surface area contributed by atoms with Crippen LogP contribution in [0.25, 0.3) is 6.08 Å². The minimum absolute atomic E-state index is 0.115. The lowest BCUT2D eigenvalue weighted by Crippen LogP contribution is -2.28. The maximum absolute atomic E-state index is 12.7. The van der Waals surface area contributed by atoms with E-state index in [9.17, 15) is 9.59 Å². The second kappa shape index (κ2) is 9.19. The lowest BCUT2D eigenvalue weighted by molar-refractivity contribution is -0.144. The fraction of sp³-hybridized carbons (Fsp3) is 0.316. The van der Waals surface area contributed by atoms with E-state index < -0.39 is 12.1 Å². The number of carboxylic acid groups (broad SMARTS) is 1. The number of carbonyl (C=O) groups excluding carboxylic acids is 1. The number of ether oxygens (including phenoxy) is 1. The molecule has 8 nitrogen and oxygen atoms in total. The van der Waals surface area contributed by atoms with Gasteiger partial charge in [0, 0.05) is 6.54 Å². The highest BCUT2D eigenvalue weighted by molar-refractivity contribution is 8.18. The van der Waals surface area contributed by atoms with Gasteiger partial charge in [-0.05, 0) is 55.8 Å². The van der Waals surface area contributed by atoms with Crippen LogP contribution in [0, 0.1) is 0 Å². The summed E-state index contributed by atoms with van der Waals surface area (Å²) in [5.41, 5.74) is 0.803. The number of benzene rings is 1. The van der Waals surface area contributed by atoms with E-state index in [-0.39, 0.29) is 5.91 Å². The number of aliphatic carboxylic acids is 1. The molecule has 1 aliphatic heterocycles. The lowest BCUT2D eigenvalue weighted by Gasteiger charge is -2.11. The summed E-state index contributed by atoms with van der Waals surface area (Å²) >= 11 is 2.71. The Morgan fingerprint density at radius 3 is 2.62 bits per heavy atom. The van der Waals surface area contributed by atoms with Crippen LogP contribution in [0.3, 0.4) is 0 Å². The molecule has 1 aromatic carbocycles. The summed E-state index contributed by atoms with van der Waals surface area (Å²) < 4.78 is 5.32. The zero-order valence-electron chi connectivity index (χ0n) is 16.2. The number of aliphatic imine (C=N–C) groups is 1. The van der Waals surface area contributed by atoms with Crippen LogP contribution in [0.5, 0.6) is 5.75 Å². The van der Waals surface area contributed by atoms with Gasteiger partial charge in [-0.2, -0.15) is 4.99 Å². The molecule has 1 saturated heterocycles. The first kappa shape index (κ1) is 21.0. The van der Waals surface area contributed by atoms with Gasteiger partial charge >= 0.3 is 5.97 Å². The van der Waals surface area contributed by atoms with Crippen molar-refractivity contribution >= 4 is 51.4 Å². The number of amides is 1.